The third-order valence-electron chi connectivity index (χ3n) is 5.49. The van der Waals surface area contributed by atoms with Crippen molar-refractivity contribution in [3.05, 3.63) is 36.4 Å². The van der Waals surface area contributed by atoms with E-state index >= 15 is 0 Å². The molecule has 0 bridgehead atoms. The van der Waals surface area contributed by atoms with Gasteiger partial charge in [0.15, 0.2) is 17.3 Å². The number of anilines is 2. The number of hydrogen-bond acceptors (Lipinski definition) is 8. The Morgan fingerprint density at radius 1 is 1.03 bits per heavy atom. The first-order chi connectivity index (χ1) is 16.4. The van der Waals surface area contributed by atoms with Crippen LogP contribution in [0.4, 0.5) is 24.7 Å². The van der Waals surface area contributed by atoms with Crippen molar-refractivity contribution in [2.24, 2.45) is 0 Å². The van der Waals surface area contributed by atoms with Crippen LogP contribution in [0.15, 0.2) is 36.4 Å². The van der Waals surface area contributed by atoms with Crippen LogP contribution in [0.25, 0.3) is 10.9 Å². The molecule has 0 amide bonds. The highest BCUT2D eigenvalue weighted by Gasteiger charge is 2.31. The quantitative estimate of drug-likeness (QED) is 0.435. The summed E-state index contributed by atoms with van der Waals surface area (Å²) in [6.45, 7) is 3.81. The predicted octanol–water partition coefficient (Wildman–Crippen LogP) is 4.93. The van der Waals surface area contributed by atoms with Gasteiger partial charge in [0.1, 0.15) is 11.3 Å². The Balaban J connectivity index is 1.47. The van der Waals surface area contributed by atoms with Gasteiger partial charge in [-0.1, -0.05) is 12.5 Å². The smallest absolute Gasteiger partial charge is 0.493 e. The number of halogens is 3. The highest BCUT2D eigenvalue weighted by atomic mass is 19.4. The van der Waals surface area contributed by atoms with E-state index in [9.17, 15) is 13.2 Å². The average molecular weight is 477 g/mol. The SMILES string of the molecule is COc1cc2c(Nc3cccc(OC(F)(F)F)c3)nnnc2cc1OCCCN1CCCCC1. The van der Waals surface area contributed by atoms with Crippen LogP contribution in [0, 0.1) is 0 Å². The number of hydrogen-bond donors (Lipinski definition) is 1. The van der Waals surface area contributed by atoms with Gasteiger partial charge < -0.3 is 24.4 Å². The Morgan fingerprint density at radius 3 is 2.62 bits per heavy atom. The molecule has 1 aliphatic heterocycles. The molecule has 3 aromatic rings. The summed E-state index contributed by atoms with van der Waals surface area (Å²) in [5.74, 6) is 1.00. The van der Waals surface area contributed by atoms with Crippen molar-refractivity contribution in [3.8, 4) is 17.2 Å². The summed E-state index contributed by atoms with van der Waals surface area (Å²) in [5, 5.41) is 15.4. The molecule has 1 N–H and O–H groups in total. The second-order valence-electron chi connectivity index (χ2n) is 7.96. The molecular weight excluding hydrogens is 451 g/mol. The van der Waals surface area contributed by atoms with Gasteiger partial charge >= 0.3 is 6.36 Å². The Bertz CT molecular complexity index is 1110. The molecule has 0 radical (unpaired) electrons. The van der Waals surface area contributed by atoms with Crippen molar-refractivity contribution < 1.29 is 27.4 Å². The van der Waals surface area contributed by atoms with Gasteiger partial charge in [-0.25, -0.2) is 0 Å². The van der Waals surface area contributed by atoms with Crippen molar-refractivity contribution in [1.82, 2.24) is 20.3 Å². The number of rotatable bonds is 9. The van der Waals surface area contributed by atoms with Gasteiger partial charge in [0.25, 0.3) is 0 Å². The minimum absolute atomic E-state index is 0.309. The molecule has 1 aliphatic rings. The van der Waals surface area contributed by atoms with E-state index in [1.54, 1.807) is 18.2 Å². The fourth-order valence-corrected chi connectivity index (χ4v) is 3.92. The molecule has 2 aromatic carbocycles. The number of nitrogens with zero attached hydrogens (tertiary/aromatic N) is 4. The minimum atomic E-state index is -4.78. The zero-order chi connectivity index (χ0) is 24.0. The molecule has 1 fully saturated rings. The fourth-order valence-electron chi connectivity index (χ4n) is 3.92. The number of methoxy groups -OCH3 is 1. The Morgan fingerprint density at radius 2 is 1.85 bits per heavy atom. The molecule has 0 atom stereocenters. The van der Waals surface area contributed by atoms with Crippen LogP contribution in [-0.4, -0.2) is 60.0 Å². The summed E-state index contributed by atoms with van der Waals surface area (Å²) in [6, 6.07) is 8.91. The van der Waals surface area contributed by atoms with Crippen molar-refractivity contribution in [3.63, 3.8) is 0 Å². The van der Waals surface area contributed by atoms with Gasteiger partial charge in [0.05, 0.1) is 19.1 Å². The molecule has 0 aliphatic carbocycles. The molecule has 8 nitrogen and oxygen atoms in total. The number of ether oxygens (including phenoxy) is 3. The highest BCUT2D eigenvalue weighted by molar-refractivity contribution is 5.92. The van der Waals surface area contributed by atoms with Crippen LogP contribution >= 0.6 is 0 Å². The lowest BCUT2D eigenvalue weighted by Gasteiger charge is -2.26. The topological polar surface area (TPSA) is 81.6 Å². The van der Waals surface area contributed by atoms with Crippen molar-refractivity contribution in [1.29, 1.82) is 0 Å². The second kappa shape index (κ2) is 10.7. The fraction of sp³-hybridized carbons (Fsp3) is 0.435. The van der Waals surface area contributed by atoms with Gasteiger partial charge in [-0.3, -0.25) is 0 Å². The maximum absolute atomic E-state index is 12.5. The zero-order valence-electron chi connectivity index (χ0n) is 18.8. The first-order valence-corrected chi connectivity index (χ1v) is 11.1. The molecule has 4 rings (SSSR count). The lowest BCUT2D eigenvalue weighted by atomic mass is 10.1. The van der Waals surface area contributed by atoms with Crippen molar-refractivity contribution in [2.75, 3.05) is 38.7 Å². The molecule has 0 saturated carbocycles. The van der Waals surface area contributed by atoms with E-state index in [-0.39, 0.29) is 5.75 Å². The van der Waals surface area contributed by atoms with Crippen LogP contribution in [0.5, 0.6) is 17.2 Å². The van der Waals surface area contributed by atoms with Crippen LogP contribution < -0.4 is 19.5 Å². The summed E-state index contributed by atoms with van der Waals surface area (Å²) >= 11 is 0. The molecule has 11 heteroatoms. The monoisotopic (exact) mass is 477 g/mol. The average Bonchev–Trinajstić information content (AvgIpc) is 2.81. The Kier molecular flexibility index (Phi) is 7.51. The lowest BCUT2D eigenvalue weighted by molar-refractivity contribution is -0.274. The van der Waals surface area contributed by atoms with E-state index in [2.05, 4.69) is 30.4 Å². The molecule has 1 aromatic heterocycles. The maximum Gasteiger partial charge on any atom is 0.573 e. The predicted molar refractivity (Wildman–Crippen MR) is 121 cm³/mol. The van der Waals surface area contributed by atoms with E-state index < -0.39 is 6.36 Å². The third kappa shape index (κ3) is 6.37. The molecule has 0 spiro atoms. The summed E-state index contributed by atoms with van der Waals surface area (Å²) in [7, 11) is 1.54. The third-order valence-corrected chi connectivity index (χ3v) is 5.49. The van der Waals surface area contributed by atoms with Crippen molar-refractivity contribution in [2.45, 2.75) is 32.0 Å². The second-order valence-corrected chi connectivity index (χ2v) is 7.96. The Hall–Kier alpha value is -3.34. The first-order valence-electron chi connectivity index (χ1n) is 11.1. The van der Waals surface area contributed by atoms with Crippen LogP contribution in [-0.2, 0) is 0 Å². The summed E-state index contributed by atoms with van der Waals surface area (Å²) in [5.41, 5.74) is 0.854. The van der Waals surface area contributed by atoms with E-state index in [1.807, 2.05) is 0 Å². The van der Waals surface area contributed by atoms with E-state index in [0.717, 1.165) is 26.1 Å². The van der Waals surface area contributed by atoms with E-state index in [4.69, 9.17) is 9.47 Å². The molecule has 182 valence electrons. The van der Waals surface area contributed by atoms with E-state index in [0.29, 0.717) is 40.5 Å². The van der Waals surface area contributed by atoms with Crippen LogP contribution in [0.3, 0.4) is 0 Å². The number of piperidine rings is 1. The van der Waals surface area contributed by atoms with Gasteiger partial charge in [-0.15, -0.1) is 23.4 Å². The van der Waals surface area contributed by atoms with Gasteiger partial charge in [-0.2, -0.15) is 0 Å². The van der Waals surface area contributed by atoms with Gasteiger partial charge in [-0.05, 0) is 55.8 Å². The summed E-state index contributed by atoms with van der Waals surface area (Å²) < 4.78 is 53.0. The maximum atomic E-state index is 12.5. The molecule has 1 saturated heterocycles. The highest BCUT2D eigenvalue weighted by Crippen LogP contribution is 2.35. The van der Waals surface area contributed by atoms with Crippen LogP contribution in [0.2, 0.25) is 0 Å². The van der Waals surface area contributed by atoms with E-state index in [1.165, 1.54) is 44.6 Å². The zero-order valence-corrected chi connectivity index (χ0v) is 18.8. The molecular formula is C23H26F3N5O3. The number of likely N-dealkylation sites (tertiary alicyclic amines) is 1. The normalized spacial score (nSPS) is 14.7. The summed E-state index contributed by atoms with van der Waals surface area (Å²) in [6.07, 6.45) is -0.0728. The first kappa shape index (κ1) is 23.8. The van der Waals surface area contributed by atoms with Crippen LogP contribution in [0.1, 0.15) is 25.7 Å². The molecule has 2 heterocycles. The summed E-state index contributed by atoms with van der Waals surface area (Å²) in [4.78, 5) is 2.45. The largest absolute Gasteiger partial charge is 0.573 e. The number of aromatic nitrogens is 3. The van der Waals surface area contributed by atoms with Crippen molar-refractivity contribution >= 4 is 22.4 Å². The number of nitrogens with one attached hydrogen (secondary N) is 1. The Labute approximate surface area is 195 Å². The van der Waals surface area contributed by atoms with Gasteiger partial charge in [0.2, 0.25) is 0 Å². The minimum Gasteiger partial charge on any atom is -0.493 e. The molecule has 34 heavy (non-hydrogen) atoms. The number of benzene rings is 2. The number of fused-ring (bicyclic) bond motifs is 1. The standard InChI is InChI=1S/C23H26F3N5O3/c1-32-20-14-18-19(15-21(20)33-12-6-11-31-9-3-2-4-10-31)28-30-29-22(18)27-16-7-5-8-17(13-16)34-23(24,25)26/h5,7-8,13-15H,2-4,6,9-12H2,1H3,(H,27,28,29). The van der Waals surface area contributed by atoms with Gasteiger partial charge in [0, 0.05) is 24.4 Å². The lowest BCUT2D eigenvalue weighted by Crippen LogP contribution is -2.31. The number of alkyl halides is 3. The molecule has 0 unspecified atom stereocenters.